The zero-order valence-electron chi connectivity index (χ0n) is 12.0. The summed E-state index contributed by atoms with van der Waals surface area (Å²) in [5, 5.41) is 2.10. The molecule has 0 aromatic carbocycles. The standard InChI is InChI=1S/C16H15N5O/c1-3-17-10-13-12(1)9-18-11-14(13)15-2-4-19-16(20-15)21-5-7-22-8-6-21/h1-4,9-11H,5-8H2. The highest BCUT2D eigenvalue weighted by Gasteiger charge is 2.15. The van der Waals surface area contributed by atoms with Crippen LogP contribution in [0.1, 0.15) is 0 Å². The van der Waals surface area contributed by atoms with Gasteiger partial charge in [-0.3, -0.25) is 9.97 Å². The maximum Gasteiger partial charge on any atom is 0.226 e. The lowest BCUT2D eigenvalue weighted by Crippen LogP contribution is -2.37. The lowest BCUT2D eigenvalue weighted by Gasteiger charge is -2.26. The number of fused-ring (bicyclic) bond motifs is 1. The van der Waals surface area contributed by atoms with Gasteiger partial charge in [0.1, 0.15) is 0 Å². The average molecular weight is 293 g/mol. The quantitative estimate of drug-likeness (QED) is 0.719. The van der Waals surface area contributed by atoms with Gasteiger partial charge >= 0.3 is 0 Å². The van der Waals surface area contributed by atoms with Crippen LogP contribution < -0.4 is 4.90 Å². The van der Waals surface area contributed by atoms with Crippen molar-refractivity contribution in [2.75, 3.05) is 31.2 Å². The minimum atomic E-state index is 0.716. The van der Waals surface area contributed by atoms with E-state index < -0.39 is 0 Å². The van der Waals surface area contributed by atoms with Crippen LogP contribution in [0.25, 0.3) is 22.0 Å². The van der Waals surface area contributed by atoms with Gasteiger partial charge in [-0.1, -0.05) is 0 Å². The molecule has 0 amide bonds. The van der Waals surface area contributed by atoms with Gasteiger partial charge in [0.25, 0.3) is 0 Å². The molecule has 1 saturated heterocycles. The summed E-state index contributed by atoms with van der Waals surface area (Å²) in [7, 11) is 0. The minimum absolute atomic E-state index is 0.716. The van der Waals surface area contributed by atoms with Crippen LogP contribution in [0.2, 0.25) is 0 Å². The van der Waals surface area contributed by atoms with Crippen LogP contribution in [-0.4, -0.2) is 46.2 Å². The first-order valence-corrected chi connectivity index (χ1v) is 7.26. The number of pyridine rings is 2. The maximum atomic E-state index is 5.38. The molecule has 0 N–H and O–H groups in total. The Balaban J connectivity index is 1.78. The zero-order valence-corrected chi connectivity index (χ0v) is 12.0. The molecule has 110 valence electrons. The normalized spacial score (nSPS) is 15.2. The molecule has 0 aliphatic carbocycles. The molecular weight excluding hydrogens is 278 g/mol. The second kappa shape index (κ2) is 5.65. The third-order valence-corrected chi connectivity index (χ3v) is 3.77. The van der Waals surface area contributed by atoms with Crippen molar-refractivity contribution < 1.29 is 4.74 Å². The molecule has 1 fully saturated rings. The van der Waals surface area contributed by atoms with Gasteiger partial charge < -0.3 is 9.64 Å². The van der Waals surface area contributed by atoms with Crippen LogP contribution in [0.15, 0.2) is 43.1 Å². The third kappa shape index (κ3) is 2.37. The van der Waals surface area contributed by atoms with Crippen LogP contribution in [0.3, 0.4) is 0 Å². The Morgan fingerprint density at radius 1 is 0.955 bits per heavy atom. The smallest absolute Gasteiger partial charge is 0.226 e. The Morgan fingerprint density at radius 2 is 1.86 bits per heavy atom. The van der Waals surface area contributed by atoms with E-state index in [9.17, 15) is 0 Å². The molecule has 4 rings (SSSR count). The first-order chi connectivity index (χ1) is 10.9. The van der Waals surface area contributed by atoms with Crippen molar-refractivity contribution in [1.82, 2.24) is 19.9 Å². The fourth-order valence-corrected chi connectivity index (χ4v) is 2.62. The molecule has 0 spiro atoms. The number of hydrogen-bond donors (Lipinski definition) is 0. The average Bonchev–Trinajstić information content (AvgIpc) is 2.62. The summed E-state index contributed by atoms with van der Waals surface area (Å²) in [6, 6.07) is 3.86. The van der Waals surface area contributed by atoms with Gasteiger partial charge in [0.15, 0.2) is 0 Å². The van der Waals surface area contributed by atoms with Crippen molar-refractivity contribution in [2.24, 2.45) is 0 Å². The maximum absolute atomic E-state index is 5.38. The van der Waals surface area contributed by atoms with E-state index in [1.807, 2.05) is 30.7 Å². The molecule has 4 heterocycles. The summed E-state index contributed by atoms with van der Waals surface area (Å²) < 4.78 is 5.38. The zero-order chi connectivity index (χ0) is 14.8. The lowest BCUT2D eigenvalue weighted by atomic mass is 10.1. The van der Waals surface area contributed by atoms with Gasteiger partial charge in [0, 0.05) is 60.4 Å². The van der Waals surface area contributed by atoms with E-state index in [0.29, 0.717) is 13.2 Å². The molecule has 22 heavy (non-hydrogen) atoms. The number of ether oxygens (including phenoxy) is 1. The molecule has 6 nitrogen and oxygen atoms in total. The van der Waals surface area contributed by atoms with E-state index in [1.165, 1.54) is 0 Å². The molecule has 0 unspecified atom stereocenters. The molecule has 0 atom stereocenters. The van der Waals surface area contributed by atoms with E-state index >= 15 is 0 Å². The topological polar surface area (TPSA) is 64.0 Å². The van der Waals surface area contributed by atoms with Crippen LogP contribution >= 0.6 is 0 Å². The molecule has 0 radical (unpaired) electrons. The first-order valence-electron chi connectivity index (χ1n) is 7.26. The van der Waals surface area contributed by atoms with Gasteiger partial charge in [0.2, 0.25) is 5.95 Å². The van der Waals surface area contributed by atoms with Crippen molar-refractivity contribution in [2.45, 2.75) is 0 Å². The summed E-state index contributed by atoms with van der Waals surface area (Å²) >= 11 is 0. The first kappa shape index (κ1) is 13.1. The fraction of sp³-hybridized carbons (Fsp3) is 0.250. The molecule has 0 saturated carbocycles. The second-order valence-electron chi connectivity index (χ2n) is 5.13. The van der Waals surface area contributed by atoms with E-state index in [-0.39, 0.29) is 0 Å². The highest BCUT2D eigenvalue weighted by Crippen LogP contribution is 2.26. The Hall–Kier alpha value is -2.60. The van der Waals surface area contributed by atoms with Gasteiger partial charge in [0.05, 0.1) is 18.9 Å². The number of morpholine rings is 1. The minimum Gasteiger partial charge on any atom is -0.378 e. The van der Waals surface area contributed by atoms with Crippen LogP contribution in [0.4, 0.5) is 5.95 Å². The van der Waals surface area contributed by atoms with Crippen LogP contribution in [0, 0.1) is 0 Å². The predicted molar refractivity (Wildman–Crippen MR) is 83.6 cm³/mol. The molecule has 3 aromatic heterocycles. The lowest BCUT2D eigenvalue weighted by molar-refractivity contribution is 0.122. The number of anilines is 1. The number of aromatic nitrogens is 4. The highest BCUT2D eigenvalue weighted by molar-refractivity contribution is 5.94. The summed E-state index contributed by atoms with van der Waals surface area (Å²) in [6.07, 6.45) is 9.08. The highest BCUT2D eigenvalue weighted by atomic mass is 16.5. The van der Waals surface area contributed by atoms with Gasteiger partial charge in [-0.05, 0) is 12.1 Å². The van der Waals surface area contributed by atoms with E-state index in [4.69, 9.17) is 9.72 Å². The van der Waals surface area contributed by atoms with Crippen molar-refractivity contribution in [3.63, 3.8) is 0 Å². The van der Waals surface area contributed by atoms with Crippen molar-refractivity contribution in [3.8, 4) is 11.3 Å². The van der Waals surface area contributed by atoms with Crippen LogP contribution in [-0.2, 0) is 4.74 Å². The summed E-state index contributed by atoms with van der Waals surface area (Å²) in [6.45, 7) is 3.07. The Kier molecular flexibility index (Phi) is 3.36. The largest absolute Gasteiger partial charge is 0.378 e. The van der Waals surface area contributed by atoms with Crippen molar-refractivity contribution in [1.29, 1.82) is 0 Å². The second-order valence-corrected chi connectivity index (χ2v) is 5.13. The van der Waals surface area contributed by atoms with E-state index in [1.54, 1.807) is 12.4 Å². The summed E-state index contributed by atoms with van der Waals surface area (Å²) in [5.41, 5.74) is 1.84. The monoisotopic (exact) mass is 293 g/mol. The van der Waals surface area contributed by atoms with E-state index in [0.717, 1.165) is 41.1 Å². The predicted octanol–water partition coefficient (Wildman–Crippen LogP) is 1.92. The molecule has 6 heteroatoms. The molecule has 3 aromatic rings. The summed E-state index contributed by atoms with van der Waals surface area (Å²) in [4.78, 5) is 19.8. The Bertz CT molecular complexity index is 796. The van der Waals surface area contributed by atoms with Gasteiger partial charge in [-0.2, -0.15) is 0 Å². The van der Waals surface area contributed by atoms with Crippen molar-refractivity contribution in [3.05, 3.63) is 43.1 Å². The molecular formula is C16H15N5O. The Morgan fingerprint density at radius 3 is 2.77 bits per heavy atom. The number of rotatable bonds is 2. The van der Waals surface area contributed by atoms with Gasteiger partial charge in [-0.15, -0.1) is 0 Å². The SMILES string of the molecule is c1cc2cncc(-c3ccnc(N4CCOCC4)n3)c2cn1. The van der Waals surface area contributed by atoms with Crippen molar-refractivity contribution >= 4 is 16.7 Å². The third-order valence-electron chi connectivity index (χ3n) is 3.77. The van der Waals surface area contributed by atoms with E-state index in [2.05, 4.69) is 19.9 Å². The molecule has 0 bridgehead atoms. The van der Waals surface area contributed by atoms with Gasteiger partial charge in [-0.25, -0.2) is 9.97 Å². The number of nitrogens with zero attached hydrogens (tertiary/aromatic N) is 5. The summed E-state index contributed by atoms with van der Waals surface area (Å²) in [5.74, 6) is 0.738. The molecule has 1 aliphatic rings. The molecule has 1 aliphatic heterocycles. The number of hydrogen-bond acceptors (Lipinski definition) is 6. The van der Waals surface area contributed by atoms with Crippen LogP contribution in [0.5, 0.6) is 0 Å². The Labute approximate surface area is 127 Å². The fourth-order valence-electron chi connectivity index (χ4n) is 2.62.